The minimum atomic E-state index is 0.111. The van der Waals surface area contributed by atoms with E-state index in [1.54, 1.807) is 0 Å². The average molecular weight is 306 g/mol. The zero-order chi connectivity index (χ0) is 12.1. The molecule has 4 heteroatoms. The molecule has 2 atom stereocenters. The van der Waals surface area contributed by atoms with E-state index >= 15 is 0 Å². The molecule has 0 aromatic heterocycles. The first-order valence-electron chi connectivity index (χ1n) is 5.49. The monoisotopic (exact) mass is 304 g/mol. The van der Waals surface area contributed by atoms with Gasteiger partial charge in [-0.05, 0) is 37.1 Å². The zero-order valence-corrected chi connectivity index (χ0v) is 12.0. The molecule has 1 rings (SSSR count). The van der Waals surface area contributed by atoms with Crippen molar-refractivity contribution in [2.45, 2.75) is 32.4 Å². The van der Waals surface area contributed by atoms with Gasteiger partial charge < -0.3 is 11.1 Å². The fourth-order valence-electron chi connectivity index (χ4n) is 1.53. The number of hydrogen-bond donors (Lipinski definition) is 2. The van der Waals surface area contributed by atoms with Gasteiger partial charge in [-0.25, -0.2) is 0 Å². The molecule has 2 unspecified atom stereocenters. The molecular formula is C12H18BrClN2. The van der Waals surface area contributed by atoms with Crippen molar-refractivity contribution >= 4 is 27.5 Å². The summed E-state index contributed by atoms with van der Waals surface area (Å²) >= 11 is 9.63. The van der Waals surface area contributed by atoms with E-state index in [4.69, 9.17) is 17.3 Å². The molecule has 0 spiro atoms. The lowest BCUT2D eigenvalue weighted by Gasteiger charge is -2.22. The molecule has 1 aromatic carbocycles. The first kappa shape index (κ1) is 14.0. The number of nitrogens with two attached hydrogens (primary N) is 1. The lowest BCUT2D eigenvalue weighted by Crippen LogP contribution is -2.34. The Bertz CT molecular complexity index is 344. The molecule has 2 nitrogen and oxygen atoms in total. The quantitative estimate of drug-likeness (QED) is 0.874. The molecule has 0 aliphatic heterocycles. The minimum Gasteiger partial charge on any atom is -0.329 e. The Morgan fingerprint density at radius 2 is 2.19 bits per heavy atom. The predicted octanol–water partition coefficient (Wildman–Crippen LogP) is 3.49. The molecule has 16 heavy (non-hydrogen) atoms. The van der Waals surface area contributed by atoms with Crippen molar-refractivity contribution in [3.05, 3.63) is 33.3 Å². The molecule has 0 aliphatic carbocycles. The summed E-state index contributed by atoms with van der Waals surface area (Å²) in [7, 11) is 0. The van der Waals surface area contributed by atoms with E-state index in [2.05, 4.69) is 35.1 Å². The number of hydrogen-bond acceptors (Lipinski definition) is 2. The number of halogens is 2. The lowest BCUT2D eigenvalue weighted by molar-refractivity contribution is 0.452. The van der Waals surface area contributed by atoms with Crippen LogP contribution in [-0.2, 0) is 0 Å². The topological polar surface area (TPSA) is 38.0 Å². The maximum absolute atomic E-state index is 6.18. The van der Waals surface area contributed by atoms with Crippen molar-refractivity contribution in [3.8, 4) is 0 Å². The highest BCUT2D eigenvalue weighted by atomic mass is 79.9. The van der Waals surface area contributed by atoms with Crippen LogP contribution in [0, 0.1) is 0 Å². The second kappa shape index (κ2) is 6.60. The SMILES string of the molecule is CCC(C)NC(CN)c1cc(Br)ccc1Cl. The maximum Gasteiger partial charge on any atom is 0.0461 e. The van der Waals surface area contributed by atoms with Crippen LogP contribution in [0.25, 0.3) is 0 Å². The third kappa shape index (κ3) is 3.74. The molecule has 0 radical (unpaired) electrons. The summed E-state index contributed by atoms with van der Waals surface area (Å²) in [6.07, 6.45) is 1.07. The molecular weight excluding hydrogens is 288 g/mol. The molecule has 0 saturated heterocycles. The lowest BCUT2D eigenvalue weighted by atomic mass is 10.1. The molecule has 0 bridgehead atoms. The molecule has 1 aromatic rings. The summed E-state index contributed by atoms with van der Waals surface area (Å²) in [5.74, 6) is 0. The van der Waals surface area contributed by atoms with Crippen LogP contribution in [-0.4, -0.2) is 12.6 Å². The minimum absolute atomic E-state index is 0.111. The molecule has 0 heterocycles. The Labute approximate surface area is 111 Å². The number of benzene rings is 1. The van der Waals surface area contributed by atoms with E-state index in [0.29, 0.717) is 12.6 Å². The van der Waals surface area contributed by atoms with Crippen molar-refractivity contribution in [2.75, 3.05) is 6.54 Å². The van der Waals surface area contributed by atoms with Crippen LogP contribution in [0.15, 0.2) is 22.7 Å². The normalized spacial score (nSPS) is 14.8. The fraction of sp³-hybridized carbons (Fsp3) is 0.500. The highest BCUT2D eigenvalue weighted by Crippen LogP contribution is 2.26. The van der Waals surface area contributed by atoms with E-state index in [1.807, 2.05) is 18.2 Å². The predicted molar refractivity (Wildman–Crippen MR) is 73.8 cm³/mol. The van der Waals surface area contributed by atoms with Gasteiger partial charge in [-0.1, -0.05) is 34.5 Å². The van der Waals surface area contributed by atoms with Crippen molar-refractivity contribution in [1.29, 1.82) is 0 Å². The third-order valence-electron chi connectivity index (χ3n) is 2.67. The highest BCUT2D eigenvalue weighted by molar-refractivity contribution is 9.10. The molecule has 0 fully saturated rings. The molecule has 0 saturated carbocycles. The zero-order valence-electron chi connectivity index (χ0n) is 9.63. The van der Waals surface area contributed by atoms with Crippen LogP contribution in [0.4, 0.5) is 0 Å². The summed E-state index contributed by atoms with van der Waals surface area (Å²) in [6, 6.07) is 6.39. The number of rotatable bonds is 5. The molecule has 0 amide bonds. The summed E-state index contributed by atoms with van der Waals surface area (Å²) in [4.78, 5) is 0. The smallest absolute Gasteiger partial charge is 0.0461 e. The van der Waals surface area contributed by atoms with Crippen LogP contribution in [0.1, 0.15) is 31.9 Å². The van der Waals surface area contributed by atoms with Crippen LogP contribution in [0.2, 0.25) is 5.02 Å². The third-order valence-corrected chi connectivity index (χ3v) is 3.50. The average Bonchev–Trinajstić information content (AvgIpc) is 2.29. The summed E-state index contributed by atoms with van der Waals surface area (Å²) < 4.78 is 1.02. The van der Waals surface area contributed by atoms with Crippen LogP contribution < -0.4 is 11.1 Å². The van der Waals surface area contributed by atoms with Gasteiger partial charge in [0.1, 0.15) is 0 Å². The van der Waals surface area contributed by atoms with Gasteiger partial charge in [0.25, 0.3) is 0 Å². The van der Waals surface area contributed by atoms with Gasteiger partial charge in [0, 0.05) is 28.1 Å². The van der Waals surface area contributed by atoms with E-state index in [0.717, 1.165) is 21.5 Å². The Balaban J connectivity index is 2.89. The van der Waals surface area contributed by atoms with E-state index in [9.17, 15) is 0 Å². The van der Waals surface area contributed by atoms with Gasteiger partial charge in [-0.15, -0.1) is 0 Å². The van der Waals surface area contributed by atoms with Gasteiger partial charge in [0.05, 0.1) is 0 Å². The van der Waals surface area contributed by atoms with E-state index in [-0.39, 0.29) is 6.04 Å². The van der Waals surface area contributed by atoms with E-state index < -0.39 is 0 Å². The summed E-state index contributed by atoms with van der Waals surface area (Å²) in [5.41, 5.74) is 6.84. The van der Waals surface area contributed by atoms with Crippen LogP contribution in [0.5, 0.6) is 0 Å². The van der Waals surface area contributed by atoms with Crippen LogP contribution >= 0.6 is 27.5 Å². The van der Waals surface area contributed by atoms with E-state index in [1.165, 1.54) is 0 Å². The Kier molecular flexibility index (Phi) is 5.76. The van der Waals surface area contributed by atoms with Crippen molar-refractivity contribution < 1.29 is 0 Å². The first-order valence-corrected chi connectivity index (χ1v) is 6.66. The second-order valence-electron chi connectivity index (χ2n) is 3.93. The highest BCUT2D eigenvalue weighted by Gasteiger charge is 2.15. The second-order valence-corrected chi connectivity index (χ2v) is 5.25. The van der Waals surface area contributed by atoms with Gasteiger partial charge in [-0.3, -0.25) is 0 Å². The first-order chi connectivity index (χ1) is 7.58. The Morgan fingerprint density at radius 1 is 1.50 bits per heavy atom. The maximum atomic E-state index is 6.18. The molecule has 0 aliphatic rings. The summed E-state index contributed by atoms with van der Waals surface area (Å²) in [5, 5.41) is 4.23. The Morgan fingerprint density at radius 3 is 2.75 bits per heavy atom. The van der Waals surface area contributed by atoms with Gasteiger partial charge in [-0.2, -0.15) is 0 Å². The van der Waals surface area contributed by atoms with Crippen molar-refractivity contribution in [1.82, 2.24) is 5.32 Å². The summed E-state index contributed by atoms with van der Waals surface area (Å²) in [6.45, 7) is 4.84. The van der Waals surface area contributed by atoms with Gasteiger partial charge >= 0.3 is 0 Å². The standard InChI is InChI=1S/C12H18BrClN2/c1-3-8(2)16-12(7-15)10-6-9(13)4-5-11(10)14/h4-6,8,12,16H,3,7,15H2,1-2H3. The van der Waals surface area contributed by atoms with Gasteiger partial charge in [0.15, 0.2) is 0 Å². The van der Waals surface area contributed by atoms with Crippen molar-refractivity contribution in [3.63, 3.8) is 0 Å². The molecule has 3 N–H and O–H groups in total. The fourth-order valence-corrected chi connectivity index (χ4v) is 2.16. The van der Waals surface area contributed by atoms with Crippen LogP contribution in [0.3, 0.4) is 0 Å². The van der Waals surface area contributed by atoms with Crippen molar-refractivity contribution in [2.24, 2.45) is 5.73 Å². The largest absolute Gasteiger partial charge is 0.329 e. The molecule has 90 valence electrons. The Hall–Kier alpha value is -0.0900. The van der Waals surface area contributed by atoms with Gasteiger partial charge in [0.2, 0.25) is 0 Å². The number of nitrogens with one attached hydrogen (secondary N) is 1.